The normalized spacial score (nSPS) is 13.4. The number of ether oxygens (including phenoxy) is 1. The maximum atomic E-state index is 12.5. The Morgan fingerprint density at radius 1 is 1.24 bits per heavy atom. The minimum Gasteiger partial charge on any atom is -0.469 e. The first-order valence-electron chi connectivity index (χ1n) is 6.66. The number of rotatable bonds is 6. The van der Waals surface area contributed by atoms with E-state index in [2.05, 4.69) is 4.74 Å². The number of methoxy groups -OCH3 is 1. The van der Waals surface area contributed by atoms with Crippen LogP contribution >= 0.6 is 11.6 Å². The third kappa shape index (κ3) is 5.36. The fourth-order valence-corrected chi connectivity index (χ4v) is 2.07. The molecule has 21 heavy (non-hydrogen) atoms. The van der Waals surface area contributed by atoms with Crippen molar-refractivity contribution in [2.75, 3.05) is 20.2 Å². The van der Waals surface area contributed by atoms with Gasteiger partial charge in [-0.15, -0.1) is 0 Å². The van der Waals surface area contributed by atoms with E-state index >= 15 is 0 Å². The first-order chi connectivity index (χ1) is 9.85. The molecule has 0 fully saturated rings. The summed E-state index contributed by atoms with van der Waals surface area (Å²) in [6.07, 6.45) is -0.689. The Bertz CT molecular complexity index is 487. The Balaban J connectivity index is 2.88. The monoisotopic (exact) mass is 313 g/mol. The first kappa shape index (κ1) is 17.5. The number of aliphatic hydroxyl groups is 1. The second-order valence-corrected chi connectivity index (χ2v) is 5.43. The van der Waals surface area contributed by atoms with Crippen LogP contribution in [0.15, 0.2) is 24.3 Å². The van der Waals surface area contributed by atoms with Crippen LogP contribution in [0.1, 0.15) is 24.2 Å². The molecule has 0 aliphatic carbocycles. The van der Waals surface area contributed by atoms with Crippen LogP contribution in [0.25, 0.3) is 0 Å². The lowest BCUT2D eigenvalue weighted by Gasteiger charge is -2.26. The van der Waals surface area contributed by atoms with Gasteiger partial charge >= 0.3 is 5.97 Å². The van der Waals surface area contributed by atoms with E-state index in [1.165, 1.54) is 12.0 Å². The van der Waals surface area contributed by atoms with E-state index < -0.39 is 18.0 Å². The highest BCUT2D eigenvalue weighted by Gasteiger charge is 2.23. The van der Waals surface area contributed by atoms with Crippen molar-refractivity contribution < 1.29 is 19.4 Å². The zero-order chi connectivity index (χ0) is 16.0. The number of aliphatic hydroxyl groups excluding tert-OH is 1. The maximum Gasteiger partial charge on any atom is 0.310 e. The second-order valence-electron chi connectivity index (χ2n) is 4.99. The predicted molar refractivity (Wildman–Crippen MR) is 80.2 cm³/mol. The number of nitrogens with zero attached hydrogens (tertiary/aromatic N) is 1. The number of esters is 1. The molecule has 0 aliphatic rings. The molecular formula is C15H20ClNO4. The quantitative estimate of drug-likeness (QED) is 0.815. The molecule has 0 saturated heterocycles. The smallest absolute Gasteiger partial charge is 0.310 e. The summed E-state index contributed by atoms with van der Waals surface area (Å²) >= 11 is 5.80. The summed E-state index contributed by atoms with van der Waals surface area (Å²) < 4.78 is 4.66. The van der Waals surface area contributed by atoms with Gasteiger partial charge in [-0.2, -0.15) is 0 Å². The molecule has 0 bridgehead atoms. The summed E-state index contributed by atoms with van der Waals surface area (Å²) in [4.78, 5) is 25.4. The number of hydrogen-bond donors (Lipinski definition) is 1. The molecule has 0 heterocycles. The summed E-state index contributed by atoms with van der Waals surface area (Å²) in [6, 6.07) is 6.48. The zero-order valence-electron chi connectivity index (χ0n) is 12.4. The molecule has 2 atom stereocenters. The van der Waals surface area contributed by atoms with Gasteiger partial charge in [-0.25, -0.2) is 0 Å². The maximum absolute atomic E-state index is 12.5. The predicted octanol–water partition coefficient (Wildman–Crippen LogP) is 1.97. The lowest BCUT2D eigenvalue weighted by Crippen LogP contribution is -2.41. The molecule has 6 heteroatoms. The average molecular weight is 314 g/mol. The zero-order valence-corrected chi connectivity index (χ0v) is 13.1. The molecule has 0 aliphatic heterocycles. The molecule has 2 unspecified atom stereocenters. The van der Waals surface area contributed by atoms with Crippen LogP contribution in [-0.2, 0) is 9.53 Å². The number of hydrogen-bond acceptors (Lipinski definition) is 4. The number of halogens is 1. The Morgan fingerprint density at radius 3 is 2.29 bits per heavy atom. The summed E-state index contributed by atoms with van der Waals surface area (Å²) in [7, 11) is 1.30. The fourth-order valence-electron chi connectivity index (χ4n) is 1.94. The fraction of sp³-hybridized carbons (Fsp3) is 0.467. The molecule has 5 nitrogen and oxygen atoms in total. The van der Waals surface area contributed by atoms with Crippen LogP contribution in [0.3, 0.4) is 0 Å². The lowest BCUT2D eigenvalue weighted by atomic mass is 10.1. The second kappa shape index (κ2) is 8.00. The van der Waals surface area contributed by atoms with Crippen molar-refractivity contribution in [3.8, 4) is 0 Å². The minimum atomic E-state index is -0.689. The van der Waals surface area contributed by atoms with Crippen LogP contribution in [0, 0.1) is 5.92 Å². The molecule has 0 spiro atoms. The third-order valence-electron chi connectivity index (χ3n) is 2.96. The van der Waals surface area contributed by atoms with Gasteiger partial charge in [0.05, 0.1) is 19.1 Å². The minimum absolute atomic E-state index is 0.142. The molecule has 0 aromatic heterocycles. The molecule has 1 N–H and O–H groups in total. The van der Waals surface area contributed by atoms with Gasteiger partial charge in [0.1, 0.15) is 0 Å². The molecule has 1 rings (SSSR count). The highest BCUT2D eigenvalue weighted by atomic mass is 35.5. The Kier molecular flexibility index (Phi) is 6.65. The van der Waals surface area contributed by atoms with Gasteiger partial charge in [0.2, 0.25) is 0 Å². The molecule has 1 aromatic rings. The van der Waals surface area contributed by atoms with Crippen LogP contribution in [0.2, 0.25) is 5.02 Å². The first-order valence-corrected chi connectivity index (χ1v) is 7.03. The van der Waals surface area contributed by atoms with Crippen molar-refractivity contribution in [3.05, 3.63) is 34.9 Å². The van der Waals surface area contributed by atoms with Gasteiger partial charge in [0.25, 0.3) is 5.91 Å². The van der Waals surface area contributed by atoms with Crippen molar-refractivity contribution >= 4 is 23.5 Å². The van der Waals surface area contributed by atoms with Gasteiger partial charge in [0.15, 0.2) is 0 Å². The number of carbonyl (C=O) groups is 2. The van der Waals surface area contributed by atoms with E-state index in [1.807, 2.05) is 0 Å². The van der Waals surface area contributed by atoms with E-state index in [1.54, 1.807) is 38.1 Å². The number of amides is 1. The molecule has 0 radical (unpaired) electrons. The van der Waals surface area contributed by atoms with Gasteiger partial charge < -0.3 is 14.7 Å². The van der Waals surface area contributed by atoms with Crippen LogP contribution in [0.5, 0.6) is 0 Å². The third-order valence-corrected chi connectivity index (χ3v) is 3.21. The van der Waals surface area contributed by atoms with E-state index in [9.17, 15) is 14.7 Å². The topological polar surface area (TPSA) is 66.8 Å². The van der Waals surface area contributed by atoms with Crippen LogP contribution < -0.4 is 0 Å². The summed E-state index contributed by atoms with van der Waals surface area (Å²) in [6.45, 7) is 3.59. The van der Waals surface area contributed by atoms with E-state index in [0.29, 0.717) is 10.6 Å². The summed E-state index contributed by atoms with van der Waals surface area (Å²) in [5.74, 6) is -1.12. The summed E-state index contributed by atoms with van der Waals surface area (Å²) in [5.41, 5.74) is 0.456. The van der Waals surface area contributed by atoms with Crippen molar-refractivity contribution in [2.45, 2.75) is 20.0 Å². The number of benzene rings is 1. The largest absolute Gasteiger partial charge is 0.469 e. The van der Waals surface area contributed by atoms with E-state index in [0.717, 1.165) is 0 Å². The average Bonchev–Trinajstić information content (AvgIpc) is 2.45. The van der Waals surface area contributed by atoms with Crippen LogP contribution in [0.4, 0.5) is 0 Å². The Morgan fingerprint density at radius 2 is 1.81 bits per heavy atom. The van der Waals surface area contributed by atoms with Gasteiger partial charge in [-0.05, 0) is 31.2 Å². The molecule has 0 saturated carbocycles. The van der Waals surface area contributed by atoms with E-state index in [-0.39, 0.29) is 19.0 Å². The molecule has 1 aromatic carbocycles. The van der Waals surface area contributed by atoms with E-state index in [4.69, 9.17) is 11.6 Å². The molecule has 1 amide bonds. The van der Waals surface area contributed by atoms with Gasteiger partial charge in [0, 0.05) is 23.7 Å². The van der Waals surface area contributed by atoms with Crippen molar-refractivity contribution in [1.29, 1.82) is 0 Å². The Labute approximate surface area is 129 Å². The SMILES string of the molecule is COC(=O)C(C)CN(CC(C)O)C(=O)c1ccc(Cl)cc1. The van der Waals surface area contributed by atoms with Gasteiger partial charge in [-0.3, -0.25) is 9.59 Å². The number of carbonyl (C=O) groups excluding carboxylic acids is 2. The standard InChI is InChI=1S/C15H20ClNO4/c1-10(15(20)21-3)8-17(9-11(2)18)14(19)12-4-6-13(16)7-5-12/h4-7,10-11,18H,8-9H2,1-3H3. The van der Waals surface area contributed by atoms with Crippen molar-refractivity contribution in [2.24, 2.45) is 5.92 Å². The van der Waals surface area contributed by atoms with Crippen molar-refractivity contribution in [3.63, 3.8) is 0 Å². The highest BCUT2D eigenvalue weighted by Crippen LogP contribution is 2.13. The lowest BCUT2D eigenvalue weighted by molar-refractivity contribution is -0.145. The molecular weight excluding hydrogens is 294 g/mol. The summed E-state index contributed by atoms with van der Waals surface area (Å²) in [5, 5.41) is 10.1. The Hall–Kier alpha value is -1.59. The van der Waals surface area contributed by atoms with Crippen LogP contribution in [-0.4, -0.2) is 48.2 Å². The molecule has 116 valence electrons. The van der Waals surface area contributed by atoms with Crippen molar-refractivity contribution in [1.82, 2.24) is 4.90 Å². The highest BCUT2D eigenvalue weighted by molar-refractivity contribution is 6.30. The van der Waals surface area contributed by atoms with Gasteiger partial charge in [-0.1, -0.05) is 18.5 Å².